The lowest BCUT2D eigenvalue weighted by molar-refractivity contribution is -0.124. The topological polar surface area (TPSA) is 96.0 Å². The standard InChI is InChI=1S/C19H21N3O5S2/c23-18(16-6-2-8-22(16)29(25,26)17-7-3-11-28-17)20-13-14-4-1-5-15(12-14)21-9-10-27-19(21)24/h1,3-5,7,11-12,16H,2,6,8-10,13H2,(H,20,23). The van der Waals surface area contributed by atoms with E-state index in [2.05, 4.69) is 5.32 Å². The molecule has 0 radical (unpaired) electrons. The van der Waals surface area contributed by atoms with Gasteiger partial charge in [0.1, 0.15) is 16.9 Å². The van der Waals surface area contributed by atoms with Gasteiger partial charge in [-0.25, -0.2) is 13.2 Å². The van der Waals surface area contributed by atoms with Crippen LogP contribution in [0.1, 0.15) is 18.4 Å². The maximum absolute atomic E-state index is 12.8. The second kappa shape index (κ2) is 8.13. The molecule has 29 heavy (non-hydrogen) atoms. The minimum Gasteiger partial charge on any atom is -0.447 e. The molecule has 1 aromatic heterocycles. The first-order chi connectivity index (χ1) is 14.0. The number of anilines is 1. The predicted molar refractivity (Wildman–Crippen MR) is 108 cm³/mol. The summed E-state index contributed by atoms with van der Waals surface area (Å²) in [6.07, 6.45) is 0.761. The summed E-state index contributed by atoms with van der Waals surface area (Å²) >= 11 is 1.15. The van der Waals surface area contributed by atoms with Crippen LogP contribution in [0.5, 0.6) is 0 Å². The van der Waals surface area contributed by atoms with Crippen LogP contribution in [0.4, 0.5) is 10.5 Å². The highest BCUT2D eigenvalue weighted by molar-refractivity contribution is 7.91. The van der Waals surface area contributed by atoms with E-state index >= 15 is 0 Å². The molecular formula is C19H21N3O5S2. The predicted octanol–water partition coefficient (Wildman–Crippen LogP) is 2.17. The average molecular weight is 436 g/mol. The minimum atomic E-state index is -3.66. The van der Waals surface area contributed by atoms with Gasteiger partial charge in [0.15, 0.2) is 0 Å². The summed E-state index contributed by atoms with van der Waals surface area (Å²) < 4.78 is 32.1. The number of rotatable bonds is 6. The molecule has 2 saturated heterocycles. The van der Waals surface area contributed by atoms with Gasteiger partial charge in [0.2, 0.25) is 5.91 Å². The van der Waals surface area contributed by atoms with Gasteiger partial charge in [-0.2, -0.15) is 4.31 Å². The summed E-state index contributed by atoms with van der Waals surface area (Å²) in [7, 11) is -3.66. The van der Waals surface area contributed by atoms with Gasteiger partial charge >= 0.3 is 6.09 Å². The Bertz CT molecular complexity index is 1010. The van der Waals surface area contributed by atoms with Gasteiger partial charge < -0.3 is 10.1 Å². The highest BCUT2D eigenvalue weighted by Gasteiger charge is 2.39. The van der Waals surface area contributed by atoms with Gasteiger partial charge in [0.25, 0.3) is 10.0 Å². The Balaban J connectivity index is 1.43. The molecule has 1 atom stereocenters. The van der Waals surface area contributed by atoms with Crippen molar-refractivity contribution in [3.8, 4) is 0 Å². The molecule has 0 aliphatic carbocycles. The third-order valence-corrected chi connectivity index (χ3v) is 8.30. The van der Waals surface area contributed by atoms with Gasteiger partial charge in [-0.1, -0.05) is 18.2 Å². The zero-order valence-corrected chi connectivity index (χ0v) is 17.2. The summed E-state index contributed by atoms with van der Waals surface area (Å²) in [6.45, 7) is 1.44. The molecule has 1 N–H and O–H groups in total. The molecule has 3 heterocycles. The lowest BCUT2D eigenvalue weighted by Crippen LogP contribution is -2.45. The molecule has 8 nitrogen and oxygen atoms in total. The van der Waals surface area contributed by atoms with Crippen molar-refractivity contribution in [2.45, 2.75) is 29.6 Å². The van der Waals surface area contributed by atoms with Crippen molar-refractivity contribution in [3.63, 3.8) is 0 Å². The second-order valence-electron chi connectivity index (χ2n) is 6.86. The summed E-state index contributed by atoms with van der Waals surface area (Å²) in [5.41, 5.74) is 1.53. The van der Waals surface area contributed by atoms with E-state index in [1.807, 2.05) is 24.3 Å². The van der Waals surface area contributed by atoms with Crippen molar-refractivity contribution in [2.24, 2.45) is 0 Å². The van der Waals surface area contributed by atoms with Gasteiger partial charge in [0.05, 0.1) is 6.54 Å². The smallest absolute Gasteiger partial charge is 0.414 e. The number of hydrogen-bond donors (Lipinski definition) is 1. The number of thiophene rings is 1. The number of benzene rings is 1. The lowest BCUT2D eigenvalue weighted by Gasteiger charge is -2.22. The van der Waals surface area contributed by atoms with Crippen LogP contribution in [0.25, 0.3) is 0 Å². The summed E-state index contributed by atoms with van der Waals surface area (Å²) in [5, 5.41) is 4.55. The number of amides is 2. The van der Waals surface area contributed by atoms with Crippen LogP contribution >= 0.6 is 11.3 Å². The van der Waals surface area contributed by atoms with Gasteiger partial charge in [-0.05, 0) is 42.0 Å². The molecule has 1 unspecified atom stereocenters. The number of nitrogens with zero attached hydrogens (tertiary/aromatic N) is 2. The van der Waals surface area contributed by atoms with E-state index in [9.17, 15) is 18.0 Å². The minimum absolute atomic E-state index is 0.249. The third kappa shape index (κ3) is 4.00. The van der Waals surface area contributed by atoms with Crippen molar-refractivity contribution in [1.29, 1.82) is 0 Å². The van der Waals surface area contributed by atoms with Crippen molar-refractivity contribution in [2.75, 3.05) is 24.6 Å². The molecule has 2 aromatic rings. The molecule has 154 valence electrons. The maximum Gasteiger partial charge on any atom is 0.414 e. The second-order valence-corrected chi connectivity index (χ2v) is 9.92. The van der Waals surface area contributed by atoms with Gasteiger partial charge in [0, 0.05) is 18.8 Å². The van der Waals surface area contributed by atoms with Crippen LogP contribution in [-0.2, 0) is 26.1 Å². The van der Waals surface area contributed by atoms with Crippen LogP contribution in [-0.4, -0.2) is 50.5 Å². The van der Waals surface area contributed by atoms with Crippen molar-refractivity contribution in [3.05, 3.63) is 47.3 Å². The van der Waals surface area contributed by atoms with Crippen molar-refractivity contribution >= 4 is 39.0 Å². The van der Waals surface area contributed by atoms with E-state index in [4.69, 9.17) is 4.74 Å². The Labute approximate surface area is 173 Å². The van der Waals surface area contributed by atoms with Crippen LogP contribution in [0.2, 0.25) is 0 Å². The highest BCUT2D eigenvalue weighted by Crippen LogP contribution is 2.28. The van der Waals surface area contributed by atoms with Gasteiger partial charge in [-0.15, -0.1) is 11.3 Å². The van der Waals surface area contributed by atoms with E-state index in [0.29, 0.717) is 38.2 Å². The lowest BCUT2D eigenvalue weighted by atomic mass is 10.1. The van der Waals surface area contributed by atoms with Crippen LogP contribution in [0, 0.1) is 0 Å². The molecule has 0 spiro atoms. The summed E-state index contributed by atoms with van der Waals surface area (Å²) in [4.78, 5) is 26.0. The Hall–Kier alpha value is -2.43. The molecule has 0 bridgehead atoms. The number of cyclic esters (lactones) is 1. The largest absolute Gasteiger partial charge is 0.447 e. The number of carbonyl (C=O) groups excluding carboxylic acids is 2. The Kier molecular flexibility index (Phi) is 5.57. The number of nitrogens with one attached hydrogen (secondary N) is 1. The zero-order chi connectivity index (χ0) is 20.4. The van der Waals surface area contributed by atoms with Gasteiger partial charge in [-0.3, -0.25) is 9.69 Å². The molecular weight excluding hydrogens is 414 g/mol. The van der Waals surface area contributed by atoms with E-state index in [0.717, 1.165) is 16.9 Å². The monoisotopic (exact) mass is 435 g/mol. The molecule has 0 saturated carbocycles. The van der Waals surface area contributed by atoms with Crippen LogP contribution in [0.3, 0.4) is 0 Å². The Morgan fingerprint density at radius 1 is 1.24 bits per heavy atom. The van der Waals surface area contributed by atoms with E-state index < -0.39 is 16.1 Å². The quantitative estimate of drug-likeness (QED) is 0.750. The van der Waals surface area contributed by atoms with Crippen molar-refractivity contribution in [1.82, 2.24) is 9.62 Å². The number of hydrogen-bond acceptors (Lipinski definition) is 6. The molecule has 2 amide bonds. The summed E-state index contributed by atoms with van der Waals surface area (Å²) in [6, 6.07) is 9.82. The molecule has 2 fully saturated rings. The normalized spacial score (nSPS) is 20.1. The molecule has 4 rings (SSSR count). The van der Waals surface area contributed by atoms with Crippen molar-refractivity contribution < 1.29 is 22.7 Å². The Morgan fingerprint density at radius 2 is 2.10 bits per heavy atom. The molecule has 2 aliphatic rings. The van der Waals surface area contributed by atoms with Crippen LogP contribution in [0.15, 0.2) is 46.0 Å². The van der Waals surface area contributed by atoms with E-state index in [1.165, 1.54) is 9.21 Å². The SMILES string of the molecule is O=C(NCc1cccc(N2CCOC2=O)c1)C1CCCN1S(=O)(=O)c1cccs1. The number of carbonyl (C=O) groups is 2. The molecule has 10 heteroatoms. The zero-order valence-electron chi connectivity index (χ0n) is 15.6. The molecule has 2 aliphatic heterocycles. The fourth-order valence-electron chi connectivity index (χ4n) is 3.58. The first-order valence-electron chi connectivity index (χ1n) is 9.33. The fraction of sp³-hybridized carbons (Fsp3) is 0.368. The first-order valence-corrected chi connectivity index (χ1v) is 11.6. The first kappa shape index (κ1) is 19.9. The Morgan fingerprint density at radius 3 is 2.83 bits per heavy atom. The number of ether oxygens (including phenoxy) is 1. The maximum atomic E-state index is 12.8. The molecule has 1 aromatic carbocycles. The number of sulfonamides is 1. The van der Waals surface area contributed by atoms with E-state index in [-0.39, 0.29) is 22.8 Å². The highest BCUT2D eigenvalue weighted by atomic mass is 32.2. The third-order valence-electron chi connectivity index (χ3n) is 5.01. The fourth-order valence-corrected chi connectivity index (χ4v) is 6.36. The summed E-state index contributed by atoms with van der Waals surface area (Å²) in [5.74, 6) is -0.311. The van der Waals surface area contributed by atoms with Crippen LogP contribution < -0.4 is 10.2 Å². The van der Waals surface area contributed by atoms with E-state index in [1.54, 1.807) is 17.5 Å². The average Bonchev–Trinajstić information content (AvgIpc) is 3.47.